The van der Waals surface area contributed by atoms with Gasteiger partial charge in [-0.15, -0.1) is 15.7 Å². The number of hydrogen-bond acceptors (Lipinski definition) is 5. The Kier molecular flexibility index (Phi) is 2.93. The molecule has 0 saturated heterocycles. The summed E-state index contributed by atoms with van der Waals surface area (Å²) in [5.41, 5.74) is 2.39. The van der Waals surface area contributed by atoms with E-state index in [1.165, 1.54) is 5.41 Å². The van der Waals surface area contributed by atoms with Crippen LogP contribution >= 0.6 is 10.6 Å². The molecule has 0 radical (unpaired) electrons. The van der Waals surface area contributed by atoms with Crippen LogP contribution in [0.25, 0.3) is 17.1 Å². The van der Waals surface area contributed by atoms with Gasteiger partial charge in [0, 0.05) is 11.0 Å². The van der Waals surface area contributed by atoms with Crippen LogP contribution in [0.15, 0.2) is 52.8 Å². The second-order valence-electron chi connectivity index (χ2n) is 4.91. The van der Waals surface area contributed by atoms with Gasteiger partial charge in [-0.3, -0.25) is 9.11 Å². The predicted octanol–water partition coefficient (Wildman–Crippen LogP) is 3.56. The summed E-state index contributed by atoms with van der Waals surface area (Å²) >= 11 is 0. The summed E-state index contributed by atoms with van der Waals surface area (Å²) in [5, 5.41) is 9.54. The van der Waals surface area contributed by atoms with Gasteiger partial charge in [0.25, 0.3) is 0 Å². The highest BCUT2D eigenvalue weighted by molar-refractivity contribution is 8.27. The minimum atomic E-state index is -2.83. The van der Waals surface area contributed by atoms with Crippen LogP contribution in [-0.4, -0.2) is 24.1 Å². The fourth-order valence-corrected chi connectivity index (χ4v) is 3.70. The van der Waals surface area contributed by atoms with E-state index in [9.17, 15) is 9.11 Å². The molecule has 0 fully saturated rings. The van der Waals surface area contributed by atoms with Crippen molar-refractivity contribution in [3.63, 3.8) is 0 Å². The topological polar surface area (TPSA) is 80.4 Å². The van der Waals surface area contributed by atoms with E-state index in [1.54, 1.807) is 29.0 Å². The van der Waals surface area contributed by atoms with Crippen molar-refractivity contribution < 1.29 is 13.8 Å². The molecule has 0 bridgehead atoms. The molecular weight excluding hydrogens is 302 g/mol. The van der Waals surface area contributed by atoms with Crippen LogP contribution in [0, 0.1) is 0 Å². The third-order valence-electron chi connectivity index (χ3n) is 3.54. The molecule has 0 atom stereocenters. The Labute approximate surface area is 128 Å². The molecule has 2 aromatic carbocycles. The molecule has 22 heavy (non-hydrogen) atoms. The van der Waals surface area contributed by atoms with E-state index < -0.39 is 10.6 Å². The van der Waals surface area contributed by atoms with Crippen molar-refractivity contribution in [3.8, 4) is 5.75 Å². The Balaban J connectivity index is 1.63. The van der Waals surface area contributed by atoms with Crippen LogP contribution in [0.5, 0.6) is 5.75 Å². The molecule has 2 heterocycles. The fourth-order valence-electron chi connectivity index (χ4n) is 2.46. The minimum absolute atomic E-state index is 0.198. The van der Waals surface area contributed by atoms with Gasteiger partial charge in [-0.1, -0.05) is 23.4 Å². The van der Waals surface area contributed by atoms with Crippen LogP contribution in [-0.2, 0) is 6.73 Å². The van der Waals surface area contributed by atoms with E-state index in [2.05, 4.69) is 10.3 Å². The highest BCUT2D eigenvalue weighted by Crippen LogP contribution is 2.57. The van der Waals surface area contributed by atoms with Crippen molar-refractivity contribution in [1.29, 1.82) is 0 Å². The first-order valence-electron chi connectivity index (χ1n) is 6.65. The van der Waals surface area contributed by atoms with Crippen molar-refractivity contribution in [2.45, 2.75) is 11.6 Å². The average Bonchev–Trinajstić information content (AvgIpc) is 3.07. The Morgan fingerprint density at radius 2 is 1.95 bits per heavy atom. The number of aromatic nitrogens is 3. The summed E-state index contributed by atoms with van der Waals surface area (Å²) < 4.78 is 27.3. The number of nitrogens with zero attached hydrogens (tertiary/aromatic N) is 3. The zero-order valence-electron chi connectivity index (χ0n) is 11.5. The molecule has 6 nitrogen and oxygen atoms in total. The second kappa shape index (κ2) is 4.84. The fraction of sp³-hybridized carbons (Fsp3) is 0.0667. The lowest BCUT2D eigenvalue weighted by molar-refractivity contribution is 0.222. The molecule has 0 aliphatic carbocycles. The molecule has 1 aliphatic heterocycles. The molecule has 1 aliphatic rings. The van der Waals surface area contributed by atoms with Gasteiger partial charge in [0.1, 0.15) is 11.3 Å². The number of hydrogen-bond donors (Lipinski definition) is 2. The monoisotopic (exact) mass is 315 g/mol. The van der Waals surface area contributed by atoms with Crippen LogP contribution in [0.2, 0.25) is 0 Å². The van der Waals surface area contributed by atoms with Crippen LogP contribution < -0.4 is 4.74 Å². The van der Waals surface area contributed by atoms with Crippen molar-refractivity contribution >= 4 is 27.7 Å². The maximum atomic E-state index is 9.93. The van der Waals surface area contributed by atoms with Gasteiger partial charge in [-0.25, -0.2) is 4.68 Å². The van der Waals surface area contributed by atoms with Gasteiger partial charge in [-0.05, 0) is 30.3 Å². The second-order valence-corrected chi connectivity index (χ2v) is 6.81. The third-order valence-corrected chi connectivity index (χ3v) is 5.06. The molecule has 0 unspecified atom stereocenters. The summed E-state index contributed by atoms with van der Waals surface area (Å²) in [7, 11) is -2.83. The molecular formula is C15H13N3O3S. The van der Waals surface area contributed by atoms with E-state index >= 15 is 0 Å². The van der Waals surface area contributed by atoms with Crippen molar-refractivity contribution in [2.75, 3.05) is 0 Å². The van der Waals surface area contributed by atoms with Crippen molar-refractivity contribution in [3.05, 3.63) is 53.4 Å². The van der Waals surface area contributed by atoms with E-state index in [-0.39, 0.29) is 6.73 Å². The van der Waals surface area contributed by atoms with Crippen LogP contribution in [0.4, 0.5) is 0 Å². The SMILES string of the molecule is OS1(O)C=Cc2c(OCn3nnc4ccccc43)cccc21. The van der Waals surface area contributed by atoms with Crippen molar-refractivity contribution in [1.82, 2.24) is 15.0 Å². The van der Waals surface area contributed by atoms with Gasteiger partial charge in [0.05, 0.1) is 10.4 Å². The van der Waals surface area contributed by atoms with Gasteiger partial charge >= 0.3 is 0 Å². The highest BCUT2D eigenvalue weighted by atomic mass is 32.3. The third kappa shape index (κ3) is 2.07. The zero-order chi connectivity index (χ0) is 15.2. The Bertz CT molecular complexity index is 889. The number of para-hydroxylation sites is 1. The first-order valence-corrected chi connectivity index (χ1v) is 8.26. The van der Waals surface area contributed by atoms with Crippen LogP contribution in [0.1, 0.15) is 5.56 Å². The molecule has 4 rings (SSSR count). The Morgan fingerprint density at radius 1 is 1.09 bits per heavy atom. The maximum Gasteiger partial charge on any atom is 0.183 e. The number of ether oxygens (including phenoxy) is 1. The number of benzene rings is 2. The first kappa shape index (κ1) is 13.3. The van der Waals surface area contributed by atoms with Gasteiger partial charge in [0.15, 0.2) is 6.73 Å². The smallest absolute Gasteiger partial charge is 0.183 e. The summed E-state index contributed by atoms with van der Waals surface area (Å²) in [6.07, 6.45) is 1.68. The maximum absolute atomic E-state index is 9.93. The number of fused-ring (bicyclic) bond motifs is 2. The lowest BCUT2D eigenvalue weighted by atomic mass is 10.2. The number of rotatable bonds is 3. The molecule has 2 N–H and O–H groups in total. The lowest BCUT2D eigenvalue weighted by Gasteiger charge is -2.25. The van der Waals surface area contributed by atoms with E-state index in [0.29, 0.717) is 16.2 Å². The molecule has 7 heteroatoms. The van der Waals surface area contributed by atoms with Gasteiger partial charge in [0.2, 0.25) is 0 Å². The largest absolute Gasteiger partial charge is 0.470 e. The standard InChI is InChI=1S/C15H13N3O3S/c19-22(20)9-8-11-14(6-3-7-15(11)22)21-10-18-13-5-2-1-4-12(13)16-17-18/h1-9,19-20H,10H2. The average molecular weight is 315 g/mol. The molecule has 112 valence electrons. The Hall–Kier alpha value is -2.35. The zero-order valence-corrected chi connectivity index (χ0v) is 12.3. The lowest BCUT2D eigenvalue weighted by Crippen LogP contribution is -2.07. The normalized spacial score (nSPS) is 16.6. The van der Waals surface area contributed by atoms with E-state index in [4.69, 9.17) is 4.74 Å². The van der Waals surface area contributed by atoms with Crippen LogP contribution in [0.3, 0.4) is 0 Å². The quantitative estimate of drug-likeness (QED) is 0.772. The summed E-state index contributed by atoms with van der Waals surface area (Å²) in [4.78, 5) is 0.494. The molecule has 0 saturated carbocycles. The summed E-state index contributed by atoms with van der Waals surface area (Å²) in [5.74, 6) is 0.589. The first-order chi connectivity index (χ1) is 10.6. The van der Waals surface area contributed by atoms with Gasteiger partial charge in [-0.2, -0.15) is 0 Å². The van der Waals surface area contributed by atoms with E-state index in [1.807, 2.05) is 24.3 Å². The highest BCUT2D eigenvalue weighted by Gasteiger charge is 2.24. The van der Waals surface area contributed by atoms with Crippen molar-refractivity contribution in [2.24, 2.45) is 0 Å². The molecule has 1 aromatic heterocycles. The predicted molar refractivity (Wildman–Crippen MR) is 84.7 cm³/mol. The molecule has 0 spiro atoms. The Morgan fingerprint density at radius 3 is 2.86 bits per heavy atom. The van der Waals surface area contributed by atoms with E-state index in [0.717, 1.165) is 11.0 Å². The minimum Gasteiger partial charge on any atom is -0.470 e. The molecule has 0 amide bonds. The summed E-state index contributed by atoms with van der Waals surface area (Å²) in [6.45, 7) is 0.198. The summed E-state index contributed by atoms with van der Waals surface area (Å²) in [6, 6.07) is 12.9. The molecule has 3 aromatic rings. The van der Waals surface area contributed by atoms with Gasteiger partial charge < -0.3 is 4.74 Å².